The highest BCUT2D eigenvalue weighted by Gasteiger charge is 2.37. The van der Waals surface area contributed by atoms with Crippen molar-refractivity contribution in [3.05, 3.63) is 35.9 Å². The van der Waals surface area contributed by atoms with Crippen LogP contribution in [0.4, 0.5) is 0 Å². The van der Waals surface area contributed by atoms with Gasteiger partial charge in [0.05, 0.1) is 6.10 Å². The Morgan fingerprint density at radius 2 is 2.19 bits per heavy atom. The van der Waals surface area contributed by atoms with Gasteiger partial charge in [-0.1, -0.05) is 30.3 Å². The zero-order chi connectivity index (χ0) is 11.4. The third-order valence-corrected chi connectivity index (χ3v) is 3.22. The van der Waals surface area contributed by atoms with E-state index in [1.54, 1.807) is 7.11 Å². The number of ether oxygens (including phenoxy) is 1. The Bertz CT molecular complexity index is 311. The zero-order valence-corrected chi connectivity index (χ0v) is 9.73. The lowest BCUT2D eigenvalue weighted by Crippen LogP contribution is -2.35. The lowest BCUT2D eigenvalue weighted by Gasteiger charge is -2.13. The maximum Gasteiger partial charge on any atom is 0.0817 e. The minimum Gasteiger partial charge on any atom is -0.379 e. The maximum absolute atomic E-state index is 5.57. The Hall–Kier alpha value is -0.900. The molecular weight excluding hydrogens is 200 g/mol. The van der Waals surface area contributed by atoms with Crippen molar-refractivity contribution in [3.63, 3.8) is 0 Å². The zero-order valence-electron chi connectivity index (χ0n) is 9.73. The van der Waals surface area contributed by atoms with Crippen LogP contribution in [0, 0.1) is 0 Å². The number of nitrogens with one attached hydrogen (secondary N) is 1. The molecule has 0 amide bonds. The molecule has 1 saturated carbocycles. The van der Waals surface area contributed by atoms with E-state index in [1.807, 2.05) is 0 Å². The van der Waals surface area contributed by atoms with Crippen LogP contribution in [0.2, 0.25) is 0 Å². The van der Waals surface area contributed by atoms with Crippen LogP contribution in [-0.2, 0) is 4.74 Å². The predicted molar refractivity (Wildman–Crippen MR) is 65.4 cm³/mol. The molecule has 3 nitrogen and oxygen atoms in total. The highest BCUT2D eigenvalue weighted by atomic mass is 16.5. The van der Waals surface area contributed by atoms with Crippen molar-refractivity contribution in [2.45, 2.75) is 24.5 Å². The second-order valence-corrected chi connectivity index (χ2v) is 4.36. The van der Waals surface area contributed by atoms with Gasteiger partial charge in [0.15, 0.2) is 0 Å². The lowest BCUT2D eigenvalue weighted by molar-refractivity contribution is 0.108. The molecule has 1 aromatic rings. The van der Waals surface area contributed by atoms with E-state index in [4.69, 9.17) is 10.5 Å². The fourth-order valence-corrected chi connectivity index (χ4v) is 2.03. The average Bonchev–Trinajstić information content (AvgIpc) is 3.11. The molecule has 2 rings (SSSR count). The van der Waals surface area contributed by atoms with Crippen molar-refractivity contribution in [1.82, 2.24) is 5.32 Å². The summed E-state index contributed by atoms with van der Waals surface area (Å²) in [5.74, 6) is 0.677. The molecule has 88 valence electrons. The van der Waals surface area contributed by atoms with Gasteiger partial charge in [-0.2, -0.15) is 0 Å². The van der Waals surface area contributed by atoms with Gasteiger partial charge in [0.25, 0.3) is 0 Å². The standard InChI is InChI=1S/C13H20N2O/c1-16-11(8-14)9-15-13-7-12(13)10-5-3-2-4-6-10/h2-6,11-13,15H,7-9,14H2,1H3. The molecule has 0 saturated heterocycles. The minimum atomic E-state index is 0.136. The Balaban J connectivity index is 1.75. The summed E-state index contributed by atoms with van der Waals surface area (Å²) in [6.45, 7) is 1.42. The SMILES string of the molecule is COC(CN)CNC1CC1c1ccccc1. The van der Waals surface area contributed by atoms with E-state index in [0.29, 0.717) is 18.5 Å². The van der Waals surface area contributed by atoms with Crippen LogP contribution in [0.5, 0.6) is 0 Å². The Labute approximate surface area is 97.0 Å². The van der Waals surface area contributed by atoms with E-state index in [2.05, 4.69) is 35.6 Å². The van der Waals surface area contributed by atoms with Crippen LogP contribution < -0.4 is 11.1 Å². The number of benzene rings is 1. The van der Waals surface area contributed by atoms with Crippen molar-refractivity contribution >= 4 is 0 Å². The van der Waals surface area contributed by atoms with Gasteiger partial charge < -0.3 is 15.8 Å². The van der Waals surface area contributed by atoms with Crippen molar-refractivity contribution in [3.8, 4) is 0 Å². The summed E-state index contributed by atoms with van der Waals surface area (Å²) < 4.78 is 5.23. The van der Waals surface area contributed by atoms with Crippen molar-refractivity contribution in [2.24, 2.45) is 5.73 Å². The molecule has 0 aliphatic heterocycles. The number of nitrogens with two attached hydrogens (primary N) is 1. The molecule has 1 aromatic carbocycles. The molecule has 3 unspecified atom stereocenters. The Morgan fingerprint density at radius 3 is 2.81 bits per heavy atom. The first kappa shape index (κ1) is 11.6. The molecule has 3 heteroatoms. The Kier molecular flexibility index (Phi) is 3.93. The van der Waals surface area contributed by atoms with Gasteiger partial charge in [0.2, 0.25) is 0 Å². The van der Waals surface area contributed by atoms with E-state index in [0.717, 1.165) is 6.54 Å². The number of hydrogen-bond donors (Lipinski definition) is 2. The van der Waals surface area contributed by atoms with Gasteiger partial charge >= 0.3 is 0 Å². The first-order valence-electron chi connectivity index (χ1n) is 5.86. The van der Waals surface area contributed by atoms with E-state index in [1.165, 1.54) is 12.0 Å². The minimum absolute atomic E-state index is 0.136. The topological polar surface area (TPSA) is 47.3 Å². The molecule has 16 heavy (non-hydrogen) atoms. The first-order chi connectivity index (χ1) is 7.85. The molecule has 1 fully saturated rings. The second-order valence-electron chi connectivity index (χ2n) is 4.36. The summed E-state index contributed by atoms with van der Waals surface area (Å²) in [6, 6.07) is 11.3. The molecule has 1 aliphatic rings. The van der Waals surface area contributed by atoms with Gasteiger partial charge in [0.1, 0.15) is 0 Å². The van der Waals surface area contributed by atoms with Gasteiger partial charge in [-0.15, -0.1) is 0 Å². The summed E-state index contributed by atoms with van der Waals surface area (Å²) in [7, 11) is 1.71. The highest BCUT2D eigenvalue weighted by molar-refractivity contribution is 5.27. The molecule has 0 bridgehead atoms. The molecule has 3 atom stereocenters. The monoisotopic (exact) mass is 220 g/mol. The second kappa shape index (κ2) is 5.43. The van der Waals surface area contributed by atoms with Crippen molar-refractivity contribution in [1.29, 1.82) is 0 Å². The molecule has 0 radical (unpaired) electrons. The van der Waals surface area contributed by atoms with Crippen LogP contribution in [0.3, 0.4) is 0 Å². The first-order valence-corrected chi connectivity index (χ1v) is 5.86. The summed E-state index contributed by atoms with van der Waals surface area (Å²) in [5, 5.41) is 3.50. The van der Waals surface area contributed by atoms with Crippen molar-refractivity contribution < 1.29 is 4.74 Å². The smallest absolute Gasteiger partial charge is 0.0817 e. The van der Waals surface area contributed by atoms with E-state index >= 15 is 0 Å². The van der Waals surface area contributed by atoms with Gasteiger partial charge in [-0.05, 0) is 12.0 Å². The largest absolute Gasteiger partial charge is 0.379 e. The Morgan fingerprint density at radius 1 is 1.44 bits per heavy atom. The van der Waals surface area contributed by atoms with Gasteiger partial charge in [-0.3, -0.25) is 0 Å². The fourth-order valence-electron chi connectivity index (χ4n) is 2.03. The number of methoxy groups -OCH3 is 1. The number of rotatable bonds is 6. The van der Waals surface area contributed by atoms with Crippen LogP contribution >= 0.6 is 0 Å². The van der Waals surface area contributed by atoms with Crippen molar-refractivity contribution in [2.75, 3.05) is 20.2 Å². The molecule has 0 spiro atoms. The lowest BCUT2D eigenvalue weighted by atomic mass is 10.1. The van der Waals surface area contributed by atoms with Crippen LogP contribution in [0.1, 0.15) is 17.9 Å². The molecular formula is C13H20N2O. The third-order valence-electron chi connectivity index (χ3n) is 3.22. The third kappa shape index (κ3) is 2.82. The van der Waals surface area contributed by atoms with Crippen LogP contribution in [0.15, 0.2) is 30.3 Å². The molecule has 1 aliphatic carbocycles. The van der Waals surface area contributed by atoms with E-state index in [9.17, 15) is 0 Å². The maximum atomic E-state index is 5.57. The van der Waals surface area contributed by atoms with E-state index in [-0.39, 0.29) is 6.10 Å². The van der Waals surface area contributed by atoms with Gasteiger partial charge in [0, 0.05) is 32.2 Å². The van der Waals surface area contributed by atoms with E-state index < -0.39 is 0 Å². The molecule has 3 N–H and O–H groups in total. The predicted octanol–water partition coefficient (Wildman–Crippen LogP) is 1.11. The highest BCUT2D eigenvalue weighted by Crippen LogP contribution is 2.40. The summed E-state index contributed by atoms with van der Waals surface area (Å²) in [5.41, 5.74) is 7.00. The quantitative estimate of drug-likeness (QED) is 0.755. The normalized spacial score (nSPS) is 25.4. The van der Waals surface area contributed by atoms with Crippen LogP contribution in [0.25, 0.3) is 0 Å². The number of hydrogen-bond acceptors (Lipinski definition) is 3. The fraction of sp³-hybridized carbons (Fsp3) is 0.538. The summed E-state index contributed by atoms with van der Waals surface area (Å²) in [4.78, 5) is 0. The van der Waals surface area contributed by atoms with Crippen LogP contribution in [-0.4, -0.2) is 32.3 Å². The van der Waals surface area contributed by atoms with Gasteiger partial charge in [-0.25, -0.2) is 0 Å². The molecule has 0 heterocycles. The average molecular weight is 220 g/mol. The summed E-state index contributed by atoms with van der Waals surface area (Å²) in [6.07, 6.45) is 1.36. The summed E-state index contributed by atoms with van der Waals surface area (Å²) >= 11 is 0. The molecule has 0 aromatic heterocycles.